The highest BCUT2D eigenvalue weighted by atomic mass is 16.5. The number of aliphatic hydroxyl groups excluding tert-OH is 1. The maximum atomic E-state index is 9.33. The van der Waals surface area contributed by atoms with Gasteiger partial charge in [0.15, 0.2) is 0 Å². The molecule has 0 saturated carbocycles. The number of nitrogens with zero attached hydrogens (tertiary/aromatic N) is 1. The first-order chi connectivity index (χ1) is 7.86. The third kappa shape index (κ3) is 3.63. The predicted molar refractivity (Wildman–Crippen MR) is 71.8 cm³/mol. The van der Waals surface area contributed by atoms with Gasteiger partial charge in [-0.2, -0.15) is 0 Å². The van der Waals surface area contributed by atoms with Gasteiger partial charge in [0.2, 0.25) is 0 Å². The molecular formula is C14H23NO2. The average Bonchev–Trinajstić information content (AvgIpc) is 2.28. The number of anilines is 1. The van der Waals surface area contributed by atoms with Gasteiger partial charge in [-0.15, -0.1) is 0 Å². The first kappa shape index (κ1) is 13.8. The molecule has 0 saturated heterocycles. The van der Waals surface area contributed by atoms with E-state index in [-0.39, 0.29) is 18.2 Å². The quantitative estimate of drug-likeness (QED) is 0.854. The Morgan fingerprint density at radius 1 is 1.24 bits per heavy atom. The Kier molecular flexibility index (Phi) is 4.40. The zero-order valence-electron chi connectivity index (χ0n) is 11.4. The van der Waals surface area contributed by atoms with Gasteiger partial charge in [-0.25, -0.2) is 0 Å². The fraction of sp³-hybridized carbons (Fsp3) is 0.571. The molecule has 1 aromatic carbocycles. The Morgan fingerprint density at radius 2 is 1.76 bits per heavy atom. The Morgan fingerprint density at radius 3 is 2.18 bits per heavy atom. The van der Waals surface area contributed by atoms with Crippen molar-refractivity contribution in [1.82, 2.24) is 0 Å². The Hall–Kier alpha value is -1.22. The number of benzene rings is 1. The van der Waals surface area contributed by atoms with E-state index in [2.05, 4.69) is 4.90 Å². The van der Waals surface area contributed by atoms with E-state index in [0.29, 0.717) is 0 Å². The predicted octanol–water partition coefficient (Wildman–Crippen LogP) is 2.68. The van der Waals surface area contributed by atoms with Crippen molar-refractivity contribution in [3.05, 3.63) is 24.3 Å². The van der Waals surface area contributed by atoms with E-state index in [1.165, 1.54) is 0 Å². The van der Waals surface area contributed by atoms with Gasteiger partial charge in [0.25, 0.3) is 0 Å². The van der Waals surface area contributed by atoms with Crippen LogP contribution in [0.2, 0.25) is 0 Å². The van der Waals surface area contributed by atoms with Gasteiger partial charge < -0.3 is 14.7 Å². The van der Waals surface area contributed by atoms with E-state index in [9.17, 15) is 5.11 Å². The van der Waals surface area contributed by atoms with E-state index in [1.807, 2.05) is 59.0 Å². The summed E-state index contributed by atoms with van der Waals surface area (Å²) in [5.74, 6) is 0.874. The van der Waals surface area contributed by atoms with Gasteiger partial charge in [0.05, 0.1) is 18.2 Å². The minimum Gasteiger partial charge on any atom is -0.491 e. The standard InChI is InChI=1S/C14H23NO2/c1-11(2)17-13-8-6-12(7-9-13)15(5)14(3,4)10-16/h6-9,11,16H,10H2,1-5H3. The summed E-state index contributed by atoms with van der Waals surface area (Å²) in [6.45, 7) is 8.15. The maximum Gasteiger partial charge on any atom is 0.119 e. The second kappa shape index (κ2) is 5.41. The average molecular weight is 237 g/mol. The normalized spacial score (nSPS) is 11.7. The molecule has 0 aliphatic heterocycles. The zero-order valence-corrected chi connectivity index (χ0v) is 11.4. The first-order valence-corrected chi connectivity index (χ1v) is 5.98. The summed E-state index contributed by atoms with van der Waals surface area (Å²) < 4.78 is 5.59. The van der Waals surface area contributed by atoms with Crippen LogP contribution in [-0.4, -0.2) is 30.4 Å². The highest BCUT2D eigenvalue weighted by molar-refractivity contribution is 5.50. The third-order valence-electron chi connectivity index (χ3n) is 2.89. The SMILES string of the molecule is CC(C)Oc1ccc(N(C)C(C)(C)CO)cc1. The number of hydrogen-bond donors (Lipinski definition) is 1. The molecule has 0 amide bonds. The highest BCUT2D eigenvalue weighted by Crippen LogP contribution is 2.24. The Bertz CT molecular complexity index is 344. The van der Waals surface area contributed by atoms with Gasteiger partial charge >= 0.3 is 0 Å². The summed E-state index contributed by atoms with van der Waals surface area (Å²) in [7, 11) is 1.98. The fourth-order valence-corrected chi connectivity index (χ4v) is 1.48. The third-order valence-corrected chi connectivity index (χ3v) is 2.89. The first-order valence-electron chi connectivity index (χ1n) is 5.98. The summed E-state index contributed by atoms with van der Waals surface area (Å²) >= 11 is 0. The highest BCUT2D eigenvalue weighted by Gasteiger charge is 2.22. The lowest BCUT2D eigenvalue weighted by Gasteiger charge is -2.35. The van der Waals surface area contributed by atoms with Crippen LogP contribution in [0.3, 0.4) is 0 Å². The molecule has 0 heterocycles. The van der Waals surface area contributed by atoms with E-state index in [0.717, 1.165) is 11.4 Å². The van der Waals surface area contributed by atoms with Crippen LogP contribution in [0.1, 0.15) is 27.7 Å². The number of hydrogen-bond acceptors (Lipinski definition) is 3. The lowest BCUT2D eigenvalue weighted by Crippen LogP contribution is -2.44. The smallest absolute Gasteiger partial charge is 0.119 e. The molecule has 0 atom stereocenters. The van der Waals surface area contributed by atoms with Crippen molar-refractivity contribution in [2.45, 2.75) is 39.3 Å². The van der Waals surface area contributed by atoms with Crippen molar-refractivity contribution < 1.29 is 9.84 Å². The molecule has 0 spiro atoms. The summed E-state index contributed by atoms with van der Waals surface area (Å²) in [6.07, 6.45) is 0.187. The van der Waals surface area contributed by atoms with Crippen LogP contribution in [0.15, 0.2) is 24.3 Å². The maximum absolute atomic E-state index is 9.33. The molecule has 1 aromatic rings. The van der Waals surface area contributed by atoms with Crippen LogP contribution >= 0.6 is 0 Å². The number of likely N-dealkylation sites (N-methyl/N-ethyl adjacent to an activating group) is 1. The summed E-state index contributed by atoms with van der Waals surface area (Å²) in [5, 5.41) is 9.33. The van der Waals surface area contributed by atoms with E-state index < -0.39 is 0 Å². The molecule has 0 radical (unpaired) electrons. The molecule has 96 valence electrons. The van der Waals surface area contributed by atoms with Gasteiger partial charge in [-0.1, -0.05) is 0 Å². The van der Waals surface area contributed by atoms with Crippen LogP contribution in [0.25, 0.3) is 0 Å². The summed E-state index contributed by atoms with van der Waals surface area (Å²) in [6, 6.07) is 7.93. The van der Waals surface area contributed by atoms with Crippen molar-refractivity contribution >= 4 is 5.69 Å². The molecule has 0 fully saturated rings. The second-order valence-electron chi connectivity index (χ2n) is 5.19. The van der Waals surface area contributed by atoms with Crippen LogP contribution in [0.5, 0.6) is 5.75 Å². The van der Waals surface area contributed by atoms with Crippen molar-refractivity contribution in [3.63, 3.8) is 0 Å². The van der Waals surface area contributed by atoms with Crippen LogP contribution in [-0.2, 0) is 0 Å². The molecule has 3 heteroatoms. The van der Waals surface area contributed by atoms with Crippen molar-refractivity contribution in [2.24, 2.45) is 0 Å². The molecule has 3 nitrogen and oxygen atoms in total. The second-order valence-corrected chi connectivity index (χ2v) is 5.19. The largest absolute Gasteiger partial charge is 0.491 e. The molecular weight excluding hydrogens is 214 g/mol. The van der Waals surface area contributed by atoms with Crippen LogP contribution in [0.4, 0.5) is 5.69 Å². The number of ether oxygens (including phenoxy) is 1. The minimum atomic E-state index is -0.263. The molecule has 1 rings (SSSR count). The molecule has 17 heavy (non-hydrogen) atoms. The Balaban J connectivity index is 2.80. The van der Waals surface area contributed by atoms with Gasteiger partial charge in [-0.3, -0.25) is 0 Å². The van der Waals surface area contributed by atoms with Crippen molar-refractivity contribution in [1.29, 1.82) is 0 Å². The monoisotopic (exact) mass is 237 g/mol. The zero-order chi connectivity index (χ0) is 13.1. The number of aliphatic hydroxyl groups is 1. The molecule has 0 aliphatic carbocycles. The topological polar surface area (TPSA) is 32.7 Å². The van der Waals surface area contributed by atoms with Crippen LogP contribution in [0, 0.1) is 0 Å². The van der Waals surface area contributed by atoms with Gasteiger partial charge in [0, 0.05) is 12.7 Å². The van der Waals surface area contributed by atoms with Crippen LogP contribution < -0.4 is 9.64 Å². The van der Waals surface area contributed by atoms with Gasteiger partial charge in [-0.05, 0) is 52.0 Å². The molecule has 0 aliphatic rings. The van der Waals surface area contributed by atoms with E-state index in [1.54, 1.807) is 0 Å². The minimum absolute atomic E-state index is 0.119. The molecule has 0 bridgehead atoms. The lowest BCUT2D eigenvalue weighted by atomic mass is 10.0. The van der Waals surface area contributed by atoms with Crippen molar-refractivity contribution in [2.75, 3.05) is 18.6 Å². The number of rotatable bonds is 5. The summed E-state index contributed by atoms with van der Waals surface area (Å²) in [4.78, 5) is 2.06. The van der Waals surface area contributed by atoms with Crippen molar-refractivity contribution in [3.8, 4) is 5.75 Å². The molecule has 0 aromatic heterocycles. The van der Waals surface area contributed by atoms with Gasteiger partial charge in [0.1, 0.15) is 5.75 Å². The summed E-state index contributed by atoms with van der Waals surface area (Å²) in [5.41, 5.74) is 0.806. The van der Waals surface area contributed by atoms with E-state index >= 15 is 0 Å². The Labute approximate surface area is 104 Å². The molecule has 1 N–H and O–H groups in total. The van der Waals surface area contributed by atoms with E-state index in [4.69, 9.17) is 4.74 Å². The lowest BCUT2D eigenvalue weighted by molar-refractivity contribution is 0.216. The fourth-order valence-electron chi connectivity index (χ4n) is 1.48. The molecule has 0 unspecified atom stereocenters.